The Morgan fingerprint density at radius 3 is 2.29 bits per heavy atom. The highest BCUT2D eigenvalue weighted by molar-refractivity contribution is 5.17. The summed E-state index contributed by atoms with van der Waals surface area (Å²) < 4.78 is 5.26. The molecule has 0 aromatic carbocycles. The van der Waals surface area contributed by atoms with E-state index in [1.807, 2.05) is 20.8 Å². The molecule has 0 heterocycles. The molecule has 2 unspecified atom stereocenters. The van der Waals surface area contributed by atoms with Crippen LogP contribution >= 0.6 is 0 Å². The van der Waals surface area contributed by atoms with Gasteiger partial charge in [-0.05, 0) is 33.3 Å². The number of rotatable bonds is 4. The predicted molar refractivity (Wildman–Crippen MR) is 55.4 cm³/mol. The lowest BCUT2D eigenvalue weighted by molar-refractivity contribution is 0.0772. The summed E-state index contributed by atoms with van der Waals surface area (Å²) in [6.07, 6.45) is 0. The molecule has 0 aliphatic rings. The van der Waals surface area contributed by atoms with Crippen LogP contribution in [0.25, 0.3) is 0 Å². The van der Waals surface area contributed by atoms with Crippen LogP contribution in [0.5, 0.6) is 0 Å². The molecule has 0 saturated heterocycles. The number of methoxy groups -OCH3 is 1. The van der Waals surface area contributed by atoms with Crippen molar-refractivity contribution in [2.24, 2.45) is 11.3 Å². The van der Waals surface area contributed by atoms with E-state index in [0.29, 0.717) is 5.76 Å². The van der Waals surface area contributed by atoms with Crippen LogP contribution in [0.1, 0.15) is 27.7 Å². The second kappa shape index (κ2) is 5.02. The van der Waals surface area contributed by atoms with Crippen molar-refractivity contribution in [1.29, 1.82) is 5.26 Å². The Balaban J connectivity index is 5.25. The smallest absolute Gasteiger partial charge is 0.104 e. The van der Waals surface area contributed by atoms with Crippen LogP contribution in [0.4, 0.5) is 0 Å². The third-order valence-corrected chi connectivity index (χ3v) is 2.65. The largest absolute Gasteiger partial charge is 0.500 e. The Labute approximate surface area is 86.0 Å². The van der Waals surface area contributed by atoms with Crippen LogP contribution < -0.4 is 0 Å². The molecule has 14 heavy (non-hydrogen) atoms. The molecule has 3 nitrogen and oxygen atoms in total. The minimum Gasteiger partial charge on any atom is -0.500 e. The standard InChI is InChI=1S/C11H19NO2/c1-8(2)10(14-5)11(4,7-13)9(3)6-12/h9,13H,7H2,1-5H3. The zero-order chi connectivity index (χ0) is 11.4. The second-order valence-electron chi connectivity index (χ2n) is 3.96. The monoisotopic (exact) mass is 197 g/mol. The average Bonchev–Trinajstić information content (AvgIpc) is 2.16. The van der Waals surface area contributed by atoms with Gasteiger partial charge in [-0.15, -0.1) is 0 Å². The summed E-state index contributed by atoms with van der Waals surface area (Å²) in [4.78, 5) is 0. The van der Waals surface area contributed by atoms with Gasteiger partial charge in [0.15, 0.2) is 0 Å². The first-order chi connectivity index (χ1) is 6.43. The summed E-state index contributed by atoms with van der Waals surface area (Å²) in [5.74, 6) is 0.423. The van der Waals surface area contributed by atoms with Gasteiger partial charge < -0.3 is 9.84 Å². The van der Waals surface area contributed by atoms with E-state index in [-0.39, 0.29) is 12.5 Å². The van der Waals surface area contributed by atoms with E-state index in [1.54, 1.807) is 14.0 Å². The molecular weight excluding hydrogens is 178 g/mol. The molecule has 0 rings (SSSR count). The zero-order valence-electron chi connectivity index (χ0n) is 9.59. The third-order valence-electron chi connectivity index (χ3n) is 2.65. The van der Waals surface area contributed by atoms with Gasteiger partial charge in [0.2, 0.25) is 0 Å². The van der Waals surface area contributed by atoms with E-state index in [2.05, 4.69) is 6.07 Å². The van der Waals surface area contributed by atoms with Gasteiger partial charge in [-0.25, -0.2) is 0 Å². The molecule has 0 saturated carbocycles. The Bertz CT molecular complexity index is 261. The quantitative estimate of drug-likeness (QED) is 0.702. The highest BCUT2D eigenvalue weighted by Crippen LogP contribution is 2.36. The average molecular weight is 197 g/mol. The molecule has 0 aromatic heterocycles. The summed E-state index contributed by atoms with van der Waals surface area (Å²) in [7, 11) is 1.57. The highest BCUT2D eigenvalue weighted by Gasteiger charge is 2.36. The first-order valence-corrected chi connectivity index (χ1v) is 4.66. The number of aliphatic hydroxyl groups excluding tert-OH is 1. The van der Waals surface area contributed by atoms with Gasteiger partial charge >= 0.3 is 0 Å². The maximum atomic E-state index is 9.37. The van der Waals surface area contributed by atoms with Crippen molar-refractivity contribution in [2.45, 2.75) is 27.7 Å². The molecule has 0 aliphatic carbocycles. The topological polar surface area (TPSA) is 53.2 Å². The van der Waals surface area contributed by atoms with E-state index in [1.165, 1.54) is 0 Å². The molecule has 0 radical (unpaired) electrons. The van der Waals surface area contributed by atoms with Gasteiger partial charge in [-0.3, -0.25) is 0 Å². The number of hydrogen-bond donors (Lipinski definition) is 1. The fourth-order valence-electron chi connectivity index (χ4n) is 1.56. The zero-order valence-corrected chi connectivity index (χ0v) is 9.59. The van der Waals surface area contributed by atoms with Gasteiger partial charge in [0.1, 0.15) is 5.76 Å². The van der Waals surface area contributed by atoms with Crippen LogP contribution in [0.3, 0.4) is 0 Å². The van der Waals surface area contributed by atoms with Crippen molar-refractivity contribution < 1.29 is 9.84 Å². The Morgan fingerprint density at radius 2 is 2.07 bits per heavy atom. The van der Waals surface area contributed by atoms with Crippen molar-refractivity contribution in [3.8, 4) is 6.07 Å². The van der Waals surface area contributed by atoms with Crippen LogP contribution in [0.15, 0.2) is 11.3 Å². The number of ether oxygens (including phenoxy) is 1. The van der Waals surface area contributed by atoms with Gasteiger partial charge in [0.05, 0.1) is 31.1 Å². The van der Waals surface area contributed by atoms with Crippen LogP contribution in [0, 0.1) is 22.7 Å². The predicted octanol–water partition coefficient (Wildman–Crippen LogP) is 2.08. The Morgan fingerprint density at radius 1 is 1.57 bits per heavy atom. The lowest BCUT2D eigenvalue weighted by atomic mass is 9.76. The van der Waals surface area contributed by atoms with Gasteiger partial charge in [0, 0.05) is 0 Å². The van der Waals surface area contributed by atoms with Crippen LogP contribution in [-0.4, -0.2) is 18.8 Å². The summed E-state index contributed by atoms with van der Waals surface area (Å²) in [5.41, 5.74) is 0.383. The summed E-state index contributed by atoms with van der Waals surface area (Å²) in [5, 5.41) is 18.3. The summed E-state index contributed by atoms with van der Waals surface area (Å²) >= 11 is 0. The number of aliphatic hydroxyl groups is 1. The molecule has 0 aromatic rings. The minimum absolute atomic E-state index is 0.0872. The minimum atomic E-state index is -0.609. The molecule has 0 amide bonds. The van der Waals surface area contributed by atoms with Gasteiger partial charge in [-0.2, -0.15) is 5.26 Å². The molecule has 2 atom stereocenters. The molecule has 0 bridgehead atoms. The Kier molecular flexibility index (Phi) is 4.65. The maximum Gasteiger partial charge on any atom is 0.104 e. The van der Waals surface area contributed by atoms with E-state index in [9.17, 15) is 5.11 Å². The highest BCUT2D eigenvalue weighted by atomic mass is 16.5. The molecule has 0 spiro atoms. The molecule has 3 heteroatoms. The maximum absolute atomic E-state index is 9.37. The van der Waals surface area contributed by atoms with Crippen molar-refractivity contribution in [2.75, 3.05) is 13.7 Å². The second-order valence-corrected chi connectivity index (χ2v) is 3.96. The van der Waals surface area contributed by atoms with Crippen molar-refractivity contribution in [3.05, 3.63) is 11.3 Å². The number of allylic oxidation sites excluding steroid dienone is 1. The van der Waals surface area contributed by atoms with E-state index < -0.39 is 5.41 Å². The van der Waals surface area contributed by atoms with Crippen molar-refractivity contribution in [1.82, 2.24) is 0 Å². The molecular formula is C11H19NO2. The molecule has 1 N–H and O–H groups in total. The lowest BCUT2D eigenvalue weighted by Crippen LogP contribution is -2.32. The number of nitriles is 1. The van der Waals surface area contributed by atoms with Gasteiger partial charge in [-0.1, -0.05) is 0 Å². The van der Waals surface area contributed by atoms with Crippen LogP contribution in [0.2, 0.25) is 0 Å². The van der Waals surface area contributed by atoms with E-state index in [4.69, 9.17) is 10.00 Å². The SMILES string of the molecule is COC(=C(C)C)C(C)(CO)C(C)C#N. The summed E-state index contributed by atoms with van der Waals surface area (Å²) in [6, 6.07) is 2.15. The van der Waals surface area contributed by atoms with Crippen molar-refractivity contribution >= 4 is 0 Å². The molecule has 0 aliphatic heterocycles. The lowest BCUT2D eigenvalue weighted by Gasteiger charge is -2.32. The van der Waals surface area contributed by atoms with Crippen LogP contribution in [-0.2, 0) is 4.74 Å². The molecule has 0 fully saturated rings. The summed E-state index contributed by atoms with van der Waals surface area (Å²) in [6.45, 7) is 7.37. The number of hydrogen-bond acceptors (Lipinski definition) is 3. The first-order valence-electron chi connectivity index (χ1n) is 4.66. The van der Waals surface area contributed by atoms with Crippen molar-refractivity contribution in [3.63, 3.8) is 0 Å². The fraction of sp³-hybridized carbons (Fsp3) is 0.727. The van der Waals surface area contributed by atoms with E-state index >= 15 is 0 Å². The van der Waals surface area contributed by atoms with Gasteiger partial charge in [0.25, 0.3) is 0 Å². The molecule has 80 valence electrons. The first kappa shape index (κ1) is 13.0. The fourth-order valence-corrected chi connectivity index (χ4v) is 1.56. The number of nitrogens with zero attached hydrogens (tertiary/aromatic N) is 1. The third kappa shape index (κ3) is 2.27. The normalized spacial score (nSPS) is 16.4. The Hall–Kier alpha value is -1.01. The van der Waals surface area contributed by atoms with E-state index in [0.717, 1.165) is 5.57 Å².